The van der Waals surface area contributed by atoms with Crippen LogP contribution in [0.5, 0.6) is 17.2 Å². The van der Waals surface area contributed by atoms with Crippen LogP contribution in [0.4, 0.5) is 17.6 Å². The largest absolute Gasteiger partial charge is 0.454 e. The van der Waals surface area contributed by atoms with Crippen molar-refractivity contribution in [1.82, 2.24) is 0 Å². The van der Waals surface area contributed by atoms with Crippen molar-refractivity contribution in [2.75, 3.05) is 0 Å². The summed E-state index contributed by atoms with van der Waals surface area (Å²) in [5.74, 6) is -0.362. The highest BCUT2D eigenvalue weighted by molar-refractivity contribution is 9.10. The predicted molar refractivity (Wildman–Crippen MR) is 120 cm³/mol. The van der Waals surface area contributed by atoms with Crippen molar-refractivity contribution in [3.8, 4) is 17.2 Å². The van der Waals surface area contributed by atoms with E-state index < -0.39 is 23.7 Å². The van der Waals surface area contributed by atoms with Crippen molar-refractivity contribution in [1.29, 1.82) is 0 Å². The molecule has 0 saturated heterocycles. The van der Waals surface area contributed by atoms with Crippen molar-refractivity contribution >= 4 is 15.9 Å². The number of hydrogen-bond donors (Lipinski definition) is 0. The average molecular weight is 511 g/mol. The fraction of sp³-hybridized carbons (Fsp3) is 0.280. The Hall–Kier alpha value is -2.54. The summed E-state index contributed by atoms with van der Waals surface area (Å²) >= 11 is 3.29. The van der Waals surface area contributed by atoms with Crippen LogP contribution in [-0.4, -0.2) is 6.61 Å². The fourth-order valence-electron chi connectivity index (χ4n) is 3.53. The lowest BCUT2D eigenvalue weighted by Crippen LogP contribution is -2.19. The van der Waals surface area contributed by atoms with Gasteiger partial charge in [0.05, 0.1) is 0 Å². The van der Waals surface area contributed by atoms with E-state index in [1.54, 1.807) is 30.3 Å². The minimum absolute atomic E-state index is 0.0638. The molecule has 0 amide bonds. The van der Waals surface area contributed by atoms with Crippen LogP contribution in [0, 0.1) is 11.6 Å². The van der Waals surface area contributed by atoms with E-state index in [0.717, 1.165) is 12.0 Å². The summed E-state index contributed by atoms with van der Waals surface area (Å²) < 4.78 is 63.8. The number of rotatable bonds is 9. The number of ether oxygens (including phenoxy) is 2. The van der Waals surface area contributed by atoms with E-state index in [9.17, 15) is 17.6 Å². The van der Waals surface area contributed by atoms with Crippen LogP contribution in [0.25, 0.3) is 0 Å². The lowest BCUT2D eigenvalue weighted by atomic mass is 9.79. The molecule has 0 radical (unpaired) electrons. The highest BCUT2D eigenvalue weighted by Gasteiger charge is 2.25. The first kappa shape index (κ1) is 24.1. The zero-order valence-corrected chi connectivity index (χ0v) is 19.3. The molecule has 0 fully saturated rings. The van der Waals surface area contributed by atoms with Crippen molar-refractivity contribution in [3.63, 3.8) is 0 Å². The summed E-state index contributed by atoms with van der Waals surface area (Å²) in [5.41, 5.74) is 1.15. The molecule has 3 aromatic carbocycles. The van der Waals surface area contributed by atoms with Crippen molar-refractivity contribution in [3.05, 3.63) is 87.9 Å². The smallest absolute Gasteiger partial charge is 0.387 e. The molecule has 0 aliphatic rings. The third-order valence-electron chi connectivity index (χ3n) is 5.19. The van der Waals surface area contributed by atoms with Gasteiger partial charge in [-0.05, 0) is 78.8 Å². The quantitative estimate of drug-likeness (QED) is 0.269. The van der Waals surface area contributed by atoms with Crippen LogP contribution in [0.2, 0.25) is 0 Å². The summed E-state index contributed by atoms with van der Waals surface area (Å²) in [5, 5.41) is 0. The fourth-order valence-corrected chi connectivity index (χ4v) is 3.87. The maximum atomic E-state index is 14.2. The lowest BCUT2D eigenvalue weighted by Gasteiger charge is -2.27. The second kappa shape index (κ2) is 10.4. The Bertz CT molecular complexity index is 1050. The van der Waals surface area contributed by atoms with Gasteiger partial charge in [0, 0.05) is 10.0 Å². The standard InChI is InChI=1S/C25H23BrF4O2/c1-25(2,20-11-6-17(26)15-22(20)32-24(29)30)13-3-4-16-5-12-21(28)23(14-16)31-19-9-7-18(27)8-10-19/h5-12,14-15,24H,3-4,13H2,1-2H3. The van der Waals surface area contributed by atoms with Gasteiger partial charge in [0.15, 0.2) is 11.6 Å². The Morgan fingerprint density at radius 3 is 2.31 bits per heavy atom. The molecule has 0 bridgehead atoms. The van der Waals surface area contributed by atoms with Gasteiger partial charge in [-0.2, -0.15) is 8.78 Å². The van der Waals surface area contributed by atoms with E-state index >= 15 is 0 Å². The van der Waals surface area contributed by atoms with Crippen LogP contribution in [0.1, 0.15) is 37.8 Å². The van der Waals surface area contributed by atoms with Gasteiger partial charge in [-0.1, -0.05) is 41.9 Å². The van der Waals surface area contributed by atoms with E-state index in [1.807, 2.05) is 13.8 Å². The summed E-state index contributed by atoms with van der Waals surface area (Å²) in [6.45, 7) is 1.04. The molecule has 170 valence electrons. The third-order valence-corrected chi connectivity index (χ3v) is 5.69. The second-order valence-electron chi connectivity index (χ2n) is 8.08. The minimum Gasteiger partial charge on any atom is -0.454 e. The molecule has 0 heterocycles. The van der Waals surface area contributed by atoms with Crippen molar-refractivity contribution in [2.24, 2.45) is 0 Å². The van der Waals surface area contributed by atoms with Gasteiger partial charge in [0.2, 0.25) is 0 Å². The normalized spacial score (nSPS) is 11.6. The van der Waals surface area contributed by atoms with Gasteiger partial charge in [0.25, 0.3) is 0 Å². The molecule has 32 heavy (non-hydrogen) atoms. The number of aryl methyl sites for hydroxylation is 1. The molecule has 3 rings (SSSR count). The van der Waals surface area contributed by atoms with E-state index in [2.05, 4.69) is 15.9 Å². The van der Waals surface area contributed by atoms with Gasteiger partial charge in [-0.15, -0.1) is 0 Å². The van der Waals surface area contributed by atoms with Crippen molar-refractivity contribution < 1.29 is 27.0 Å². The maximum Gasteiger partial charge on any atom is 0.387 e. The van der Waals surface area contributed by atoms with E-state index in [4.69, 9.17) is 9.47 Å². The second-order valence-corrected chi connectivity index (χ2v) is 8.99. The molecule has 3 aromatic rings. The zero-order valence-electron chi connectivity index (χ0n) is 17.7. The molecule has 0 aromatic heterocycles. The summed E-state index contributed by atoms with van der Waals surface area (Å²) in [7, 11) is 0. The molecule has 0 N–H and O–H groups in total. The first-order valence-corrected chi connectivity index (χ1v) is 10.9. The highest BCUT2D eigenvalue weighted by atomic mass is 79.9. The molecule has 0 aliphatic carbocycles. The Labute approximate surface area is 193 Å². The topological polar surface area (TPSA) is 18.5 Å². The minimum atomic E-state index is -2.91. The molecule has 0 unspecified atom stereocenters. The SMILES string of the molecule is CC(C)(CCCc1ccc(F)c(Oc2ccc(F)cc2)c1)c1ccc(Br)cc1OC(F)F. The Kier molecular flexibility index (Phi) is 7.82. The van der Waals surface area contributed by atoms with Crippen LogP contribution in [0.15, 0.2) is 65.1 Å². The molecular weight excluding hydrogens is 488 g/mol. The Morgan fingerprint density at radius 2 is 1.62 bits per heavy atom. The van der Waals surface area contributed by atoms with E-state index in [1.165, 1.54) is 30.3 Å². The first-order chi connectivity index (χ1) is 15.1. The van der Waals surface area contributed by atoms with Crippen LogP contribution in [-0.2, 0) is 11.8 Å². The van der Waals surface area contributed by atoms with Crippen molar-refractivity contribution in [2.45, 2.75) is 45.1 Å². The molecular formula is C25H23BrF4O2. The Balaban J connectivity index is 1.67. The molecule has 0 saturated carbocycles. The summed E-state index contributed by atoms with van der Waals surface area (Å²) in [4.78, 5) is 0. The summed E-state index contributed by atoms with van der Waals surface area (Å²) in [6.07, 6.45) is 2.07. The number of benzene rings is 3. The number of halogens is 5. The van der Waals surface area contributed by atoms with E-state index in [0.29, 0.717) is 28.6 Å². The highest BCUT2D eigenvalue weighted by Crippen LogP contribution is 2.38. The van der Waals surface area contributed by atoms with Gasteiger partial charge in [0.1, 0.15) is 17.3 Å². The predicted octanol–water partition coefficient (Wildman–Crippen LogP) is 8.42. The molecule has 7 heteroatoms. The van der Waals surface area contributed by atoms with Gasteiger partial charge in [-0.25, -0.2) is 8.78 Å². The zero-order chi connectivity index (χ0) is 23.3. The lowest BCUT2D eigenvalue weighted by molar-refractivity contribution is -0.0510. The van der Waals surface area contributed by atoms with Gasteiger partial charge >= 0.3 is 6.61 Å². The summed E-state index contributed by atoms with van der Waals surface area (Å²) in [6, 6.07) is 15.1. The van der Waals surface area contributed by atoms with Gasteiger partial charge < -0.3 is 9.47 Å². The van der Waals surface area contributed by atoms with E-state index in [-0.39, 0.29) is 11.5 Å². The molecule has 0 spiro atoms. The van der Waals surface area contributed by atoms with Crippen LogP contribution >= 0.6 is 15.9 Å². The third kappa shape index (κ3) is 6.48. The van der Waals surface area contributed by atoms with Crippen LogP contribution < -0.4 is 9.47 Å². The number of alkyl halides is 2. The average Bonchev–Trinajstić information content (AvgIpc) is 2.71. The van der Waals surface area contributed by atoms with Crippen LogP contribution in [0.3, 0.4) is 0 Å². The monoisotopic (exact) mass is 510 g/mol. The molecule has 0 atom stereocenters. The van der Waals surface area contributed by atoms with Gasteiger partial charge in [-0.3, -0.25) is 0 Å². The maximum absolute atomic E-state index is 14.2. The molecule has 2 nitrogen and oxygen atoms in total. The molecule has 0 aliphatic heterocycles. The first-order valence-electron chi connectivity index (χ1n) is 10.1. The number of hydrogen-bond acceptors (Lipinski definition) is 2. The Morgan fingerprint density at radius 1 is 0.906 bits per heavy atom.